The molecule has 0 bridgehead atoms. The second kappa shape index (κ2) is 22.1. The number of urea groups is 1. The van der Waals surface area contributed by atoms with Crippen LogP contribution < -0.4 is 16.1 Å². The van der Waals surface area contributed by atoms with Gasteiger partial charge in [-0.05, 0) is 55.2 Å². The first kappa shape index (κ1) is 45.6. The van der Waals surface area contributed by atoms with Gasteiger partial charge in [0.25, 0.3) is 5.91 Å². The number of pyridine rings is 1. The van der Waals surface area contributed by atoms with Gasteiger partial charge < -0.3 is 35.0 Å². The van der Waals surface area contributed by atoms with Crippen molar-refractivity contribution in [3.63, 3.8) is 0 Å². The van der Waals surface area contributed by atoms with E-state index >= 15 is 0 Å². The van der Waals surface area contributed by atoms with E-state index in [1.165, 1.54) is 19.2 Å². The molecule has 15 nitrogen and oxygen atoms in total. The number of rotatable bonds is 21. The highest BCUT2D eigenvalue weighted by molar-refractivity contribution is 5.89. The van der Waals surface area contributed by atoms with Crippen molar-refractivity contribution in [3.8, 4) is 0 Å². The molecule has 4 N–H and O–H groups in total. The van der Waals surface area contributed by atoms with E-state index in [1.54, 1.807) is 30.6 Å². The molecule has 1 aromatic heterocycles. The molecule has 1 aromatic carbocycles. The molecular formula is C41H63N7O8. The summed E-state index contributed by atoms with van der Waals surface area (Å²) in [7, 11) is 2.56. The maximum atomic E-state index is 14.4. The van der Waals surface area contributed by atoms with Crippen LogP contribution in [0, 0.1) is 18.3 Å². The lowest BCUT2D eigenvalue weighted by Crippen LogP contribution is -2.62. The summed E-state index contributed by atoms with van der Waals surface area (Å²) in [4.78, 5) is 74.3. The van der Waals surface area contributed by atoms with Crippen molar-refractivity contribution in [3.05, 3.63) is 65.5 Å². The van der Waals surface area contributed by atoms with Crippen molar-refractivity contribution in [1.29, 1.82) is 0 Å². The number of nitrogens with zero attached hydrogens (tertiary/aromatic N) is 4. The fourth-order valence-electron chi connectivity index (χ4n) is 6.65. The molecule has 0 saturated carbocycles. The summed E-state index contributed by atoms with van der Waals surface area (Å²) in [5, 5.41) is 19.0. The molecule has 310 valence electrons. The Balaban J connectivity index is 1.88. The second-order valence-corrected chi connectivity index (χ2v) is 15.5. The predicted octanol–water partition coefficient (Wildman–Crippen LogP) is 3.97. The highest BCUT2D eigenvalue weighted by Crippen LogP contribution is 2.24. The van der Waals surface area contributed by atoms with Gasteiger partial charge in [0.15, 0.2) is 0 Å². The summed E-state index contributed by atoms with van der Waals surface area (Å²) in [6.45, 7) is 12.4. The monoisotopic (exact) mass is 781 g/mol. The van der Waals surface area contributed by atoms with Crippen LogP contribution in [0.2, 0.25) is 0 Å². The third-order valence-corrected chi connectivity index (χ3v) is 10.1. The number of hydrogen-bond acceptors (Lipinski definition) is 10. The van der Waals surface area contributed by atoms with Gasteiger partial charge >= 0.3 is 18.1 Å². The highest BCUT2D eigenvalue weighted by Gasteiger charge is 2.42. The van der Waals surface area contributed by atoms with Crippen LogP contribution in [0.5, 0.6) is 0 Å². The molecule has 2 aromatic rings. The van der Waals surface area contributed by atoms with Gasteiger partial charge in [-0.1, -0.05) is 83.9 Å². The fraction of sp³-hybridized carbons (Fsp3) is 0.610. The summed E-state index contributed by atoms with van der Waals surface area (Å²) in [5.74, 6) is -1.42. The maximum absolute atomic E-state index is 14.4. The van der Waals surface area contributed by atoms with Crippen LogP contribution in [0.15, 0.2) is 48.5 Å². The number of aliphatic hydroxyl groups is 1. The Bertz CT molecular complexity index is 1590. The first-order chi connectivity index (χ1) is 26.6. The summed E-state index contributed by atoms with van der Waals surface area (Å²) in [6.07, 6.45) is 0.940. The predicted molar refractivity (Wildman–Crippen MR) is 212 cm³/mol. The third kappa shape index (κ3) is 13.8. The van der Waals surface area contributed by atoms with Gasteiger partial charge in [-0.25, -0.2) is 15.0 Å². The number of unbranched alkanes of at least 4 members (excludes halogenated alkanes) is 2. The molecule has 0 spiro atoms. The number of amides is 5. The van der Waals surface area contributed by atoms with Crippen molar-refractivity contribution in [1.82, 2.24) is 35.9 Å². The van der Waals surface area contributed by atoms with Crippen LogP contribution in [0.3, 0.4) is 0 Å². The molecule has 3 rings (SSSR count). The summed E-state index contributed by atoms with van der Waals surface area (Å²) >= 11 is 0. The smallest absolute Gasteiger partial charge is 0.407 e. The summed E-state index contributed by atoms with van der Waals surface area (Å²) in [5.41, 5.74) is 4.86. The van der Waals surface area contributed by atoms with Crippen LogP contribution in [0.1, 0.15) is 83.7 Å². The van der Waals surface area contributed by atoms with Gasteiger partial charge in [-0.2, -0.15) is 0 Å². The number of benzene rings is 1. The minimum Gasteiger partial charge on any atom is -0.469 e. The molecule has 56 heavy (non-hydrogen) atoms. The topological polar surface area (TPSA) is 183 Å². The van der Waals surface area contributed by atoms with Gasteiger partial charge in [0.05, 0.1) is 45.1 Å². The Hall–Kier alpha value is -4.76. The lowest BCUT2D eigenvalue weighted by molar-refractivity contribution is -0.142. The van der Waals surface area contributed by atoms with Gasteiger partial charge in [0.2, 0.25) is 5.91 Å². The van der Waals surface area contributed by atoms with Crippen molar-refractivity contribution in [2.45, 2.75) is 111 Å². The third-order valence-electron chi connectivity index (χ3n) is 10.1. The van der Waals surface area contributed by atoms with Gasteiger partial charge in [-0.3, -0.25) is 24.4 Å². The Labute approximate surface area is 331 Å². The molecule has 5 amide bonds. The Morgan fingerprint density at radius 1 is 0.964 bits per heavy atom. The van der Waals surface area contributed by atoms with Crippen molar-refractivity contribution >= 4 is 29.9 Å². The van der Waals surface area contributed by atoms with Crippen LogP contribution in [0.25, 0.3) is 0 Å². The van der Waals surface area contributed by atoms with E-state index in [9.17, 15) is 29.1 Å². The van der Waals surface area contributed by atoms with E-state index in [-0.39, 0.29) is 37.3 Å². The normalized spacial score (nSPS) is 15.7. The Kier molecular flexibility index (Phi) is 18.0. The van der Waals surface area contributed by atoms with E-state index in [4.69, 9.17) is 9.47 Å². The lowest BCUT2D eigenvalue weighted by Gasteiger charge is -2.37. The molecule has 15 heteroatoms. The molecule has 0 aliphatic carbocycles. The molecule has 1 aliphatic heterocycles. The van der Waals surface area contributed by atoms with E-state index in [0.29, 0.717) is 51.9 Å². The average molecular weight is 782 g/mol. The van der Waals surface area contributed by atoms with E-state index in [0.717, 1.165) is 17.0 Å². The van der Waals surface area contributed by atoms with Gasteiger partial charge in [0.1, 0.15) is 12.1 Å². The highest BCUT2D eigenvalue weighted by atomic mass is 16.5. The van der Waals surface area contributed by atoms with E-state index in [1.807, 2.05) is 69.3 Å². The molecule has 0 radical (unpaired) electrons. The van der Waals surface area contributed by atoms with Crippen molar-refractivity contribution in [2.75, 3.05) is 40.4 Å². The van der Waals surface area contributed by atoms with E-state index in [2.05, 4.69) is 21.0 Å². The minimum absolute atomic E-state index is 0.207. The Morgan fingerprint density at radius 2 is 1.68 bits per heavy atom. The standard InChI is InChI=1S/C41H63N7O8/c1-9-28(2)35(47-24-23-46(40(47)54)26-31-20-16-17-29(3)43-31)37(51)44-32(25-30-18-12-10-13-19-30)33(49)27-48(42-22-15-11-14-21-34(50)55-7)38(52)36(41(4,5)6)45-39(53)56-8/h10,12-13,16-20,28,32-33,35-36,42,49H,9,11,14-15,21-27H2,1-8H3,(H,44,51)(H,45,53)/t28-,32-,33-,35-,36+/m0/s1. The lowest BCUT2D eigenvalue weighted by atomic mass is 9.86. The van der Waals surface area contributed by atoms with Crippen LogP contribution in [0.4, 0.5) is 9.59 Å². The molecule has 0 unspecified atom stereocenters. The molecule has 5 atom stereocenters. The van der Waals surface area contributed by atoms with Crippen LogP contribution in [-0.2, 0) is 36.8 Å². The number of alkyl carbamates (subject to hydrolysis) is 1. The van der Waals surface area contributed by atoms with Crippen LogP contribution in [-0.4, -0.2) is 119 Å². The Morgan fingerprint density at radius 3 is 2.30 bits per heavy atom. The first-order valence-corrected chi connectivity index (χ1v) is 19.6. The van der Waals surface area contributed by atoms with Gasteiger partial charge in [0, 0.05) is 31.7 Å². The number of methoxy groups -OCH3 is 2. The number of aryl methyl sites for hydroxylation is 1. The second-order valence-electron chi connectivity index (χ2n) is 15.5. The maximum Gasteiger partial charge on any atom is 0.407 e. The molecular weight excluding hydrogens is 718 g/mol. The molecule has 2 heterocycles. The largest absolute Gasteiger partial charge is 0.469 e. The summed E-state index contributed by atoms with van der Waals surface area (Å²) in [6, 6.07) is 12.1. The minimum atomic E-state index is -1.29. The number of carbonyl (C=O) groups is 5. The number of nitrogens with one attached hydrogen (secondary N) is 3. The zero-order valence-corrected chi connectivity index (χ0v) is 34.4. The zero-order chi connectivity index (χ0) is 41.4. The van der Waals surface area contributed by atoms with Gasteiger partial charge in [-0.15, -0.1) is 0 Å². The summed E-state index contributed by atoms with van der Waals surface area (Å²) < 4.78 is 9.55. The number of carbonyl (C=O) groups excluding carboxylic acids is 5. The average Bonchev–Trinajstić information content (AvgIpc) is 3.51. The molecule has 1 saturated heterocycles. The quantitative estimate of drug-likeness (QED) is 0.0822. The number of aliphatic hydroxyl groups excluding tert-OH is 1. The van der Waals surface area contributed by atoms with E-state index < -0.39 is 47.6 Å². The SMILES string of the molecule is CC[C@H](C)[C@@H](C(=O)N[C@@H](Cc1ccccc1)[C@@H](O)CN(NCCCCCC(=O)OC)C(=O)[C@@H](NC(=O)OC)C(C)(C)C)N1CCN(Cc2cccc(C)n2)C1=O. The molecule has 1 aliphatic rings. The zero-order valence-electron chi connectivity index (χ0n) is 34.4. The number of esters is 1. The number of hydrazine groups is 1. The van der Waals surface area contributed by atoms with Crippen LogP contribution >= 0.6 is 0 Å². The fourth-order valence-corrected chi connectivity index (χ4v) is 6.65. The first-order valence-electron chi connectivity index (χ1n) is 19.6. The number of hydrogen-bond donors (Lipinski definition) is 4. The van der Waals surface area contributed by atoms with Crippen molar-refractivity contribution in [2.24, 2.45) is 11.3 Å². The van der Waals surface area contributed by atoms with Crippen molar-refractivity contribution < 1.29 is 38.6 Å². The number of ether oxygens (including phenoxy) is 2. The number of aromatic nitrogens is 1. The molecule has 1 fully saturated rings.